The van der Waals surface area contributed by atoms with Crippen molar-refractivity contribution in [3.63, 3.8) is 0 Å². The van der Waals surface area contributed by atoms with Crippen LogP contribution >= 0.6 is 46.7 Å². The molecule has 0 aliphatic rings. The molecule has 33 heavy (non-hydrogen) atoms. The Morgan fingerprint density at radius 3 is 2.52 bits per heavy atom. The zero-order chi connectivity index (χ0) is 23.8. The van der Waals surface area contributed by atoms with Crippen LogP contribution in [0.5, 0.6) is 0 Å². The molecule has 3 rings (SSSR count). The van der Waals surface area contributed by atoms with Crippen molar-refractivity contribution in [2.75, 3.05) is 5.75 Å². The van der Waals surface area contributed by atoms with E-state index in [9.17, 15) is 9.59 Å². The van der Waals surface area contributed by atoms with Gasteiger partial charge in [0.15, 0.2) is 5.78 Å². The molecule has 1 atom stereocenters. The van der Waals surface area contributed by atoms with Gasteiger partial charge in [0.2, 0.25) is 5.16 Å². The molecule has 0 saturated heterocycles. The van der Waals surface area contributed by atoms with Crippen LogP contribution in [0.2, 0.25) is 10.0 Å². The summed E-state index contributed by atoms with van der Waals surface area (Å²) in [5.41, 5.74) is 2.10. The Kier molecular flexibility index (Phi) is 9.61. The summed E-state index contributed by atoms with van der Waals surface area (Å²) >= 11 is 15.0. The molecule has 0 aliphatic heterocycles. The van der Waals surface area contributed by atoms with Crippen molar-refractivity contribution in [3.05, 3.63) is 63.6 Å². The van der Waals surface area contributed by atoms with E-state index in [-0.39, 0.29) is 17.6 Å². The summed E-state index contributed by atoms with van der Waals surface area (Å²) in [5, 5.41) is 15.5. The minimum atomic E-state index is -0.629. The maximum absolute atomic E-state index is 12.9. The van der Waals surface area contributed by atoms with Gasteiger partial charge >= 0.3 is 0 Å². The van der Waals surface area contributed by atoms with Crippen molar-refractivity contribution in [1.29, 1.82) is 0 Å². The van der Waals surface area contributed by atoms with E-state index in [0.717, 1.165) is 12.0 Å². The van der Waals surface area contributed by atoms with Crippen LogP contribution in [-0.2, 0) is 17.8 Å². The summed E-state index contributed by atoms with van der Waals surface area (Å²) in [4.78, 5) is 25.8. The first kappa shape index (κ1) is 25.6. The van der Waals surface area contributed by atoms with Crippen molar-refractivity contribution < 1.29 is 9.59 Å². The highest BCUT2D eigenvalue weighted by atomic mass is 35.5. The Balaban J connectivity index is 1.56. The summed E-state index contributed by atoms with van der Waals surface area (Å²) < 4.78 is 1.39. The molecule has 0 aliphatic carbocycles. The standard InChI is InChI=1S/C22H23Cl2N5O2S2/c1-3-18(25-22(31)32-10-9-15-7-5-4-6-8-15)19(30)13-29-21(26-27-28-29)33-20-16(23)11-14(2)12-17(20)24/h4-8,11-12,18H,3,9-10,13H2,1-2H3,(H,25,31). The SMILES string of the molecule is CCC(NC(=O)SCCc1ccccc1)C(=O)Cn1nnnc1Sc1c(Cl)cc(C)cc1Cl. The van der Waals surface area contributed by atoms with E-state index >= 15 is 0 Å². The van der Waals surface area contributed by atoms with E-state index in [2.05, 4.69) is 20.8 Å². The van der Waals surface area contributed by atoms with Gasteiger partial charge in [0.05, 0.1) is 21.0 Å². The summed E-state index contributed by atoms with van der Waals surface area (Å²) in [7, 11) is 0. The molecule has 1 unspecified atom stereocenters. The zero-order valence-corrected chi connectivity index (χ0v) is 21.3. The lowest BCUT2D eigenvalue weighted by atomic mass is 10.1. The molecule has 3 aromatic rings. The molecule has 0 spiro atoms. The molecule has 1 aromatic heterocycles. The van der Waals surface area contributed by atoms with Crippen molar-refractivity contribution in [2.45, 2.75) is 49.3 Å². The number of carbonyl (C=O) groups is 2. The number of nitrogens with zero attached hydrogens (tertiary/aromatic N) is 4. The number of Topliss-reactive ketones (excluding diaryl/α,β-unsaturated/α-hetero) is 1. The van der Waals surface area contributed by atoms with E-state index in [1.165, 1.54) is 33.8 Å². The second kappa shape index (κ2) is 12.4. The number of amides is 1. The lowest BCUT2D eigenvalue weighted by Gasteiger charge is -2.16. The van der Waals surface area contributed by atoms with Crippen molar-refractivity contribution >= 4 is 57.7 Å². The normalized spacial score (nSPS) is 11.9. The summed E-state index contributed by atoms with van der Waals surface area (Å²) in [5.74, 6) is 0.441. The smallest absolute Gasteiger partial charge is 0.279 e. The Morgan fingerprint density at radius 2 is 1.85 bits per heavy atom. The molecule has 11 heteroatoms. The van der Waals surface area contributed by atoms with E-state index in [1.54, 1.807) is 12.1 Å². The molecule has 174 valence electrons. The van der Waals surface area contributed by atoms with Gasteiger partial charge in [-0.25, -0.2) is 4.68 Å². The van der Waals surface area contributed by atoms with Gasteiger partial charge in [-0.15, -0.1) is 5.10 Å². The molecule has 7 nitrogen and oxygen atoms in total. The van der Waals surface area contributed by atoms with Gasteiger partial charge in [-0.3, -0.25) is 9.59 Å². The monoisotopic (exact) mass is 523 g/mol. The average molecular weight is 524 g/mol. The van der Waals surface area contributed by atoms with E-state index in [1.807, 2.05) is 44.2 Å². The van der Waals surface area contributed by atoms with Gasteiger partial charge in [0.25, 0.3) is 5.24 Å². The summed E-state index contributed by atoms with van der Waals surface area (Å²) in [6, 6.07) is 12.9. The van der Waals surface area contributed by atoms with Crippen LogP contribution in [0.3, 0.4) is 0 Å². The predicted molar refractivity (Wildman–Crippen MR) is 133 cm³/mol. The van der Waals surface area contributed by atoms with Crippen LogP contribution in [0.15, 0.2) is 52.5 Å². The highest BCUT2D eigenvalue weighted by molar-refractivity contribution is 8.13. The number of aryl methyl sites for hydroxylation is 2. The number of thioether (sulfide) groups is 1. The van der Waals surface area contributed by atoms with Crippen LogP contribution in [0, 0.1) is 6.92 Å². The first-order valence-corrected chi connectivity index (χ1v) is 12.8. The number of aromatic nitrogens is 4. The number of ketones is 1. The first-order chi connectivity index (χ1) is 15.9. The second-order valence-corrected chi connectivity index (χ2v) is 10.1. The number of tetrazole rings is 1. The molecule has 2 aromatic carbocycles. The fourth-order valence-electron chi connectivity index (χ4n) is 3.00. The Morgan fingerprint density at radius 1 is 1.15 bits per heavy atom. The number of benzene rings is 2. The topological polar surface area (TPSA) is 89.8 Å². The second-order valence-electron chi connectivity index (χ2n) is 7.22. The van der Waals surface area contributed by atoms with Gasteiger partial charge in [-0.05, 0) is 65.2 Å². The third-order valence-corrected chi connectivity index (χ3v) is 7.42. The molecular weight excluding hydrogens is 501 g/mol. The molecule has 0 saturated carbocycles. The number of rotatable bonds is 10. The number of nitrogens with one attached hydrogen (secondary N) is 1. The minimum Gasteiger partial charge on any atom is -0.337 e. The number of halogens is 2. The van der Waals surface area contributed by atoms with Crippen LogP contribution in [0.4, 0.5) is 4.79 Å². The molecule has 1 N–H and O–H groups in total. The number of hydrogen-bond donors (Lipinski definition) is 1. The van der Waals surface area contributed by atoms with Crippen LogP contribution in [0.25, 0.3) is 0 Å². The predicted octanol–water partition coefficient (Wildman–Crippen LogP) is 5.47. The van der Waals surface area contributed by atoms with Gasteiger partial charge in [0, 0.05) is 5.75 Å². The lowest BCUT2D eigenvalue weighted by molar-refractivity contribution is -0.121. The average Bonchev–Trinajstić information content (AvgIpc) is 3.21. The van der Waals surface area contributed by atoms with Gasteiger partial charge in [-0.1, -0.05) is 72.2 Å². The third kappa shape index (κ3) is 7.46. The Hall–Kier alpha value is -2.07. The van der Waals surface area contributed by atoms with Crippen LogP contribution in [0.1, 0.15) is 24.5 Å². The maximum Gasteiger partial charge on any atom is 0.279 e. The summed E-state index contributed by atoms with van der Waals surface area (Å²) in [6.07, 6.45) is 1.24. The Labute approximate surface area is 211 Å². The van der Waals surface area contributed by atoms with Crippen molar-refractivity contribution in [3.8, 4) is 0 Å². The van der Waals surface area contributed by atoms with Crippen LogP contribution < -0.4 is 5.32 Å². The van der Waals surface area contributed by atoms with Gasteiger partial charge in [-0.2, -0.15) is 0 Å². The minimum absolute atomic E-state index is 0.0795. The third-order valence-electron chi connectivity index (χ3n) is 4.70. The van der Waals surface area contributed by atoms with E-state index in [0.29, 0.717) is 32.3 Å². The maximum atomic E-state index is 12.9. The Bertz CT molecular complexity index is 1090. The molecule has 0 bridgehead atoms. The van der Waals surface area contributed by atoms with Crippen molar-refractivity contribution in [1.82, 2.24) is 25.5 Å². The fourth-order valence-corrected chi connectivity index (χ4v) is 5.36. The largest absolute Gasteiger partial charge is 0.337 e. The molecule has 0 fully saturated rings. The zero-order valence-electron chi connectivity index (χ0n) is 18.1. The van der Waals surface area contributed by atoms with E-state index in [4.69, 9.17) is 23.2 Å². The molecular formula is C22H23Cl2N5O2S2. The lowest BCUT2D eigenvalue weighted by Crippen LogP contribution is -2.40. The summed E-state index contributed by atoms with van der Waals surface area (Å²) in [6.45, 7) is 3.66. The molecule has 1 heterocycles. The van der Waals surface area contributed by atoms with Crippen molar-refractivity contribution in [2.24, 2.45) is 0 Å². The number of carbonyl (C=O) groups excluding carboxylic acids is 2. The number of hydrogen-bond acceptors (Lipinski definition) is 7. The molecule has 0 radical (unpaired) electrons. The van der Waals surface area contributed by atoms with Gasteiger partial charge in [0.1, 0.15) is 6.54 Å². The molecule has 1 amide bonds. The highest BCUT2D eigenvalue weighted by Gasteiger charge is 2.22. The highest BCUT2D eigenvalue weighted by Crippen LogP contribution is 2.38. The van der Waals surface area contributed by atoms with Crippen LogP contribution in [-0.4, -0.2) is 43.0 Å². The fraction of sp³-hybridized carbons (Fsp3) is 0.318. The first-order valence-electron chi connectivity index (χ1n) is 10.3. The van der Waals surface area contributed by atoms with Gasteiger partial charge < -0.3 is 5.32 Å². The van der Waals surface area contributed by atoms with E-state index < -0.39 is 6.04 Å². The quantitative estimate of drug-likeness (QED) is 0.376.